The molecule has 0 unspecified atom stereocenters. The van der Waals surface area contributed by atoms with Crippen molar-refractivity contribution >= 4 is 21.6 Å². The molecule has 0 aromatic heterocycles. The predicted octanol–water partition coefficient (Wildman–Crippen LogP) is 1.59. The van der Waals surface area contributed by atoms with Gasteiger partial charge in [0.25, 0.3) is 5.91 Å². The van der Waals surface area contributed by atoms with Crippen molar-refractivity contribution in [2.75, 3.05) is 5.32 Å². The van der Waals surface area contributed by atoms with E-state index in [1.54, 1.807) is 24.3 Å². The molecule has 2 aromatic rings. The third-order valence-corrected chi connectivity index (χ3v) is 3.37. The third-order valence-electron chi connectivity index (χ3n) is 2.46. The van der Waals surface area contributed by atoms with Crippen LogP contribution < -0.4 is 10.5 Å². The number of carbonyl (C=O) groups is 1. The Kier molecular flexibility index (Phi) is 3.64. The lowest BCUT2D eigenvalue weighted by molar-refractivity contribution is 0.102. The molecule has 0 aliphatic heterocycles. The van der Waals surface area contributed by atoms with E-state index >= 15 is 0 Å². The molecule has 0 spiro atoms. The molecule has 2 aromatic carbocycles. The monoisotopic (exact) mass is 276 g/mol. The number of nitrogens with one attached hydrogen (secondary N) is 1. The highest BCUT2D eigenvalue weighted by Gasteiger charge is 2.11. The van der Waals surface area contributed by atoms with Gasteiger partial charge in [0.15, 0.2) is 0 Å². The molecule has 0 bridgehead atoms. The average Bonchev–Trinajstić information content (AvgIpc) is 2.39. The van der Waals surface area contributed by atoms with Gasteiger partial charge in [0.1, 0.15) is 0 Å². The van der Waals surface area contributed by atoms with Crippen LogP contribution in [0.3, 0.4) is 0 Å². The molecule has 0 fully saturated rings. The van der Waals surface area contributed by atoms with E-state index < -0.39 is 15.9 Å². The summed E-state index contributed by atoms with van der Waals surface area (Å²) in [6.45, 7) is 0. The Bertz CT molecular complexity index is 697. The highest BCUT2D eigenvalue weighted by Crippen LogP contribution is 2.12. The van der Waals surface area contributed by atoms with Crippen molar-refractivity contribution in [3.63, 3.8) is 0 Å². The fourth-order valence-electron chi connectivity index (χ4n) is 1.54. The first kappa shape index (κ1) is 13.3. The second-order valence-corrected chi connectivity index (χ2v) is 5.45. The topological polar surface area (TPSA) is 89.3 Å². The minimum Gasteiger partial charge on any atom is -0.322 e. The van der Waals surface area contributed by atoms with Gasteiger partial charge in [-0.3, -0.25) is 4.79 Å². The number of rotatable bonds is 3. The first-order valence-electron chi connectivity index (χ1n) is 5.46. The van der Waals surface area contributed by atoms with Crippen LogP contribution >= 0.6 is 0 Å². The molecule has 98 valence electrons. The Labute approximate surface area is 111 Å². The number of hydrogen-bond donors (Lipinski definition) is 2. The first-order chi connectivity index (χ1) is 8.97. The Morgan fingerprint density at radius 2 is 1.68 bits per heavy atom. The molecular weight excluding hydrogens is 264 g/mol. The van der Waals surface area contributed by atoms with Gasteiger partial charge in [-0.2, -0.15) is 0 Å². The lowest BCUT2D eigenvalue weighted by Crippen LogP contribution is -2.15. The number of hydrogen-bond acceptors (Lipinski definition) is 3. The number of benzene rings is 2. The quantitative estimate of drug-likeness (QED) is 0.892. The van der Waals surface area contributed by atoms with Gasteiger partial charge in [0.2, 0.25) is 10.0 Å². The number of anilines is 1. The van der Waals surface area contributed by atoms with Crippen LogP contribution in [0.25, 0.3) is 0 Å². The number of sulfonamides is 1. The van der Waals surface area contributed by atoms with E-state index in [9.17, 15) is 13.2 Å². The summed E-state index contributed by atoms with van der Waals surface area (Å²) in [5.41, 5.74) is 0.865. The van der Waals surface area contributed by atoms with Gasteiger partial charge < -0.3 is 5.32 Å². The largest absolute Gasteiger partial charge is 0.322 e. The molecule has 2 rings (SSSR count). The number of carbonyl (C=O) groups excluding carboxylic acids is 1. The van der Waals surface area contributed by atoms with Crippen LogP contribution in [0.5, 0.6) is 0 Å². The molecule has 5 nitrogen and oxygen atoms in total. The van der Waals surface area contributed by atoms with Crippen molar-refractivity contribution in [1.82, 2.24) is 0 Å². The molecule has 19 heavy (non-hydrogen) atoms. The summed E-state index contributed by atoms with van der Waals surface area (Å²) in [7, 11) is -3.81. The van der Waals surface area contributed by atoms with E-state index in [-0.39, 0.29) is 10.5 Å². The number of para-hydroxylation sites is 1. The van der Waals surface area contributed by atoms with Crippen LogP contribution in [-0.2, 0) is 10.0 Å². The van der Waals surface area contributed by atoms with Crippen LogP contribution in [0, 0.1) is 0 Å². The van der Waals surface area contributed by atoms with E-state index in [4.69, 9.17) is 5.14 Å². The van der Waals surface area contributed by atoms with Crippen molar-refractivity contribution in [3.05, 3.63) is 60.2 Å². The number of primary sulfonamides is 1. The van der Waals surface area contributed by atoms with Crippen LogP contribution in [-0.4, -0.2) is 14.3 Å². The van der Waals surface area contributed by atoms with Crippen LogP contribution in [0.1, 0.15) is 10.4 Å². The van der Waals surface area contributed by atoms with Crippen LogP contribution in [0.2, 0.25) is 0 Å². The Morgan fingerprint density at radius 1 is 1.00 bits per heavy atom. The van der Waals surface area contributed by atoms with Crippen molar-refractivity contribution in [2.45, 2.75) is 4.90 Å². The van der Waals surface area contributed by atoms with Crippen molar-refractivity contribution in [3.8, 4) is 0 Å². The molecule has 6 heteroatoms. The maximum absolute atomic E-state index is 11.9. The second-order valence-electron chi connectivity index (χ2n) is 3.89. The normalized spacial score (nSPS) is 11.0. The average molecular weight is 276 g/mol. The highest BCUT2D eigenvalue weighted by molar-refractivity contribution is 7.89. The summed E-state index contributed by atoms with van der Waals surface area (Å²) in [4.78, 5) is 11.9. The summed E-state index contributed by atoms with van der Waals surface area (Å²) >= 11 is 0. The molecule has 0 atom stereocenters. The van der Waals surface area contributed by atoms with Crippen LogP contribution in [0.4, 0.5) is 5.69 Å². The zero-order chi connectivity index (χ0) is 13.9. The maximum Gasteiger partial charge on any atom is 0.255 e. The van der Waals surface area contributed by atoms with Crippen molar-refractivity contribution < 1.29 is 13.2 Å². The summed E-state index contributed by atoms with van der Waals surface area (Å²) in [6, 6.07) is 14.5. The van der Waals surface area contributed by atoms with Crippen LogP contribution in [0.15, 0.2) is 59.5 Å². The molecular formula is C13H12N2O3S. The zero-order valence-electron chi connectivity index (χ0n) is 9.91. The second kappa shape index (κ2) is 5.21. The van der Waals surface area contributed by atoms with E-state index in [2.05, 4.69) is 5.32 Å². The fourth-order valence-corrected chi connectivity index (χ4v) is 2.10. The third kappa shape index (κ3) is 3.40. The Morgan fingerprint density at radius 3 is 2.32 bits per heavy atom. The number of nitrogens with two attached hydrogens (primary N) is 1. The zero-order valence-corrected chi connectivity index (χ0v) is 10.7. The molecule has 3 N–H and O–H groups in total. The fraction of sp³-hybridized carbons (Fsp3) is 0. The number of amides is 1. The van der Waals surface area contributed by atoms with Gasteiger partial charge in [-0.1, -0.05) is 24.3 Å². The standard InChI is InChI=1S/C13H12N2O3S/c14-19(17,18)12-8-4-5-10(9-12)13(16)15-11-6-2-1-3-7-11/h1-9H,(H,15,16)(H2,14,17,18). The molecule has 0 saturated carbocycles. The first-order valence-corrected chi connectivity index (χ1v) is 7.01. The van der Waals surface area contributed by atoms with Gasteiger partial charge in [-0.05, 0) is 30.3 Å². The lowest BCUT2D eigenvalue weighted by atomic mass is 10.2. The van der Waals surface area contributed by atoms with Gasteiger partial charge in [0, 0.05) is 11.3 Å². The SMILES string of the molecule is NS(=O)(=O)c1cccc(C(=O)Nc2ccccc2)c1. The van der Waals surface area contributed by atoms with E-state index in [0.29, 0.717) is 5.69 Å². The summed E-state index contributed by atoms with van der Waals surface area (Å²) in [5, 5.41) is 7.68. The lowest BCUT2D eigenvalue weighted by Gasteiger charge is -2.06. The molecule has 0 heterocycles. The summed E-state index contributed by atoms with van der Waals surface area (Å²) < 4.78 is 22.4. The summed E-state index contributed by atoms with van der Waals surface area (Å²) in [6.07, 6.45) is 0. The smallest absolute Gasteiger partial charge is 0.255 e. The van der Waals surface area contributed by atoms with Gasteiger partial charge >= 0.3 is 0 Å². The Hall–Kier alpha value is -2.18. The van der Waals surface area contributed by atoms with Crippen molar-refractivity contribution in [1.29, 1.82) is 0 Å². The maximum atomic E-state index is 11.9. The Balaban J connectivity index is 2.25. The molecule has 0 saturated heterocycles. The summed E-state index contributed by atoms with van der Waals surface area (Å²) in [5.74, 6) is -0.392. The minimum atomic E-state index is -3.81. The van der Waals surface area contributed by atoms with E-state index in [1.165, 1.54) is 24.3 Å². The highest BCUT2D eigenvalue weighted by atomic mass is 32.2. The predicted molar refractivity (Wildman–Crippen MR) is 72.2 cm³/mol. The molecule has 0 aliphatic rings. The molecule has 1 amide bonds. The van der Waals surface area contributed by atoms with E-state index in [0.717, 1.165) is 0 Å². The molecule has 0 radical (unpaired) electrons. The van der Waals surface area contributed by atoms with Crippen molar-refractivity contribution in [2.24, 2.45) is 5.14 Å². The van der Waals surface area contributed by atoms with E-state index in [1.807, 2.05) is 6.07 Å². The molecule has 0 aliphatic carbocycles. The van der Waals surface area contributed by atoms with Gasteiger partial charge in [-0.25, -0.2) is 13.6 Å². The van der Waals surface area contributed by atoms with Gasteiger partial charge in [0.05, 0.1) is 4.90 Å². The minimum absolute atomic E-state index is 0.0896. The van der Waals surface area contributed by atoms with Gasteiger partial charge in [-0.15, -0.1) is 0 Å².